The van der Waals surface area contributed by atoms with Crippen molar-refractivity contribution in [2.45, 2.75) is 11.4 Å². The first-order chi connectivity index (χ1) is 10.1. The van der Waals surface area contributed by atoms with Gasteiger partial charge in [-0.1, -0.05) is 24.3 Å². The van der Waals surface area contributed by atoms with E-state index in [0.717, 1.165) is 11.1 Å². The molecule has 1 unspecified atom stereocenters. The van der Waals surface area contributed by atoms with Crippen LogP contribution in [0.4, 0.5) is 8.78 Å². The second-order valence-corrected chi connectivity index (χ2v) is 5.79. The quantitative estimate of drug-likeness (QED) is 0.861. The summed E-state index contributed by atoms with van der Waals surface area (Å²) in [6.45, 7) is -0.313. The maximum atomic E-state index is 13.0. The predicted molar refractivity (Wildman–Crippen MR) is 80.2 cm³/mol. The Balaban J connectivity index is 2.25. The zero-order valence-corrected chi connectivity index (χ0v) is 12.1. The van der Waals surface area contributed by atoms with Gasteiger partial charge in [-0.2, -0.15) is 0 Å². The molecule has 2 aromatic carbocycles. The molecule has 2 rings (SSSR count). The average molecular weight is 310 g/mol. The number of rotatable bonds is 6. The van der Waals surface area contributed by atoms with Crippen LogP contribution in [0.1, 0.15) is 16.4 Å². The number of aliphatic hydroxyl groups excluding tert-OH is 2. The molecule has 0 radical (unpaired) electrons. The summed E-state index contributed by atoms with van der Waals surface area (Å²) in [5, 5.41) is 18.2. The summed E-state index contributed by atoms with van der Waals surface area (Å²) in [6.07, 6.45) is -0.821. The van der Waals surface area contributed by atoms with Gasteiger partial charge in [0.2, 0.25) is 0 Å². The molecule has 112 valence electrons. The fraction of sp³-hybridized carbons (Fsp3) is 0.250. The molecule has 0 aliphatic heterocycles. The van der Waals surface area contributed by atoms with Crippen molar-refractivity contribution < 1.29 is 19.0 Å². The van der Waals surface area contributed by atoms with E-state index in [1.54, 1.807) is 24.3 Å². The first kappa shape index (κ1) is 15.9. The molecule has 0 saturated heterocycles. The van der Waals surface area contributed by atoms with E-state index < -0.39 is 6.10 Å². The highest BCUT2D eigenvalue weighted by Crippen LogP contribution is 2.36. The molecular formula is C16H16F2O2S. The lowest BCUT2D eigenvalue weighted by Gasteiger charge is -2.19. The van der Waals surface area contributed by atoms with E-state index in [2.05, 4.69) is 0 Å². The van der Waals surface area contributed by atoms with E-state index >= 15 is 0 Å². The molecule has 0 aromatic heterocycles. The summed E-state index contributed by atoms with van der Waals surface area (Å²) in [5.74, 6) is -0.315. The third-order valence-corrected chi connectivity index (χ3v) is 4.47. The SMILES string of the molecule is OCC(O)CSC(c1ccc(F)cc1)c1ccc(F)cc1. The molecule has 0 spiro atoms. The van der Waals surface area contributed by atoms with Gasteiger partial charge >= 0.3 is 0 Å². The number of aliphatic hydroxyl groups is 2. The molecule has 21 heavy (non-hydrogen) atoms. The molecule has 5 heteroatoms. The molecule has 0 saturated carbocycles. The summed E-state index contributed by atoms with van der Waals surface area (Å²) in [6, 6.07) is 12.2. The monoisotopic (exact) mass is 310 g/mol. The number of hydrogen-bond donors (Lipinski definition) is 2. The van der Waals surface area contributed by atoms with Gasteiger partial charge in [0.25, 0.3) is 0 Å². The predicted octanol–water partition coefficient (Wildman–Crippen LogP) is 3.14. The molecule has 0 bridgehead atoms. The van der Waals surface area contributed by atoms with E-state index in [9.17, 15) is 13.9 Å². The zero-order valence-electron chi connectivity index (χ0n) is 11.2. The zero-order chi connectivity index (χ0) is 15.2. The molecule has 1 atom stereocenters. The Morgan fingerprint density at radius 2 is 1.29 bits per heavy atom. The molecule has 0 aliphatic carbocycles. The van der Waals surface area contributed by atoms with Gasteiger partial charge in [-0.25, -0.2) is 8.78 Å². The lowest BCUT2D eigenvalue weighted by molar-refractivity contribution is 0.113. The van der Waals surface area contributed by atoms with Gasteiger partial charge in [0.15, 0.2) is 0 Å². The Bertz CT molecular complexity index is 512. The smallest absolute Gasteiger partial charge is 0.123 e. The number of thioether (sulfide) groups is 1. The van der Waals surface area contributed by atoms with Crippen molar-refractivity contribution in [2.24, 2.45) is 0 Å². The third kappa shape index (κ3) is 4.52. The van der Waals surface area contributed by atoms with Crippen LogP contribution in [0.25, 0.3) is 0 Å². The van der Waals surface area contributed by atoms with E-state index in [1.165, 1.54) is 36.0 Å². The highest BCUT2D eigenvalue weighted by Gasteiger charge is 2.17. The van der Waals surface area contributed by atoms with Crippen LogP contribution < -0.4 is 0 Å². The summed E-state index contributed by atoms with van der Waals surface area (Å²) in [5.41, 5.74) is 1.72. The van der Waals surface area contributed by atoms with Gasteiger partial charge in [-0.05, 0) is 35.4 Å². The van der Waals surface area contributed by atoms with Crippen LogP contribution in [0.5, 0.6) is 0 Å². The van der Waals surface area contributed by atoms with Crippen LogP contribution in [0.3, 0.4) is 0 Å². The summed E-state index contributed by atoms with van der Waals surface area (Å²) >= 11 is 1.42. The van der Waals surface area contributed by atoms with Crippen molar-refractivity contribution in [3.63, 3.8) is 0 Å². The molecule has 2 N–H and O–H groups in total. The van der Waals surface area contributed by atoms with Crippen molar-refractivity contribution >= 4 is 11.8 Å². The highest BCUT2D eigenvalue weighted by molar-refractivity contribution is 7.99. The number of halogens is 2. The van der Waals surface area contributed by atoms with Crippen LogP contribution in [0.15, 0.2) is 48.5 Å². The van der Waals surface area contributed by atoms with Gasteiger partial charge in [-0.15, -0.1) is 11.8 Å². The second-order valence-electron chi connectivity index (χ2n) is 4.65. The first-order valence-electron chi connectivity index (χ1n) is 6.51. The Morgan fingerprint density at radius 1 is 0.857 bits per heavy atom. The fourth-order valence-electron chi connectivity index (χ4n) is 1.92. The summed E-state index contributed by atoms with van der Waals surface area (Å²) in [7, 11) is 0. The topological polar surface area (TPSA) is 40.5 Å². The first-order valence-corrected chi connectivity index (χ1v) is 7.56. The lowest BCUT2D eigenvalue weighted by Crippen LogP contribution is -2.16. The van der Waals surface area contributed by atoms with Gasteiger partial charge in [0.1, 0.15) is 11.6 Å². The van der Waals surface area contributed by atoms with Crippen molar-refractivity contribution in [1.82, 2.24) is 0 Å². The van der Waals surface area contributed by atoms with Gasteiger partial charge in [0.05, 0.1) is 18.0 Å². The Morgan fingerprint density at radius 3 is 1.67 bits per heavy atom. The number of hydrogen-bond acceptors (Lipinski definition) is 3. The maximum Gasteiger partial charge on any atom is 0.123 e. The minimum absolute atomic E-state index is 0.160. The molecule has 2 aromatic rings. The minimum atomic E-state index is -0.821. The molecule has 0 heterocycles. The second kappa shape index (κ2) is 7.54. The summed E-state index contributed by atoms with van der Waals surface area (Å²) in [4.78, 5) is 0. The van der Waals surface area contributed by atoms with Crippen LogP contribution in [-0.4, -0.2) is 28.7 Å². The summed E-state index contributed by atoms with van der Waals surface area (Å²) < 4.78 is 26.1. The minimum Gasteiger partial charge on any atom is -0.394 e. The molecule has 0 aliphatic rings. The van der Waals surface area contributed by atoms with Crippen molar-refractivity contribution in [2.75, 3.05) is 12.4 Å². The molecule has 2 nitrogen and oxygen atoms in total. The van der Waals surface area contributed by atoms with Crippen molar-refractivity contribution in [3.05, 3.63) is 71.3 Å². The highest BCUT2D eigenvalue weighted by atomic mass is 32.2. The Labute approximate surface area is 126 Å². The van der Waals surface area contributed by atoms with Crippen molar-refractivity contribution in [1.29, 1.82) is 0 Å². The van der Waals surface area contributed by atoms with E-state index in [1.807, 2.05) is 0 Å². The van der Waals surface area contributed by atoms with Gasteiger partial charge in [0, 0.05) is 5.75 Å². The van der Waals surface area contributed by atoms with Crippen LogP contribution in [0, 0.1) is 11.6 Å². The van der Waals surface area contributed by atoms with E-state index in [0.29, 0.717) is 5.75 Å². The molecular weight excluding hydrogens is 294 g/mol. The van der Waals surface area contributed by atoms with Crippen LogP contribution >= 0.6 is 11.8 Å². The molecule has 0 amide bonds. The Hall–Kier alpha value is -1.43. The Kier molecular flexibility index (Phi) is 5.73. The average Bonchev–Trinajstić information content (AvgIpc) is 2.50. The lowest BCUT2D eigenvalue weighted by atomic mass is 10.0. The van der Waals surface area contributed by atoms with Crippen LogP contribution in [0.2, 0.25) is 0 Å². The van der Waals surface area contributed by atoms with Crippen LogP contribution in [-0.2, 0) is 0 Å². The maximum absolute atomic E-state index is 13.0. The normalized spacial score (nSPS) is 12.6. The molecule has 0 fully saturated rings. The van der Waals surface area contributed by atoms with Gasteiger partial charge in [-0.3, -0.25) is 0 Å². The van der Waals surface area contributed by atoms with E-state index in [-0.39, 0.29) is 23.5 Å². The third-order valence-electron chi connectivity index (χ3n) is 3.01. The standard InChI is InChI=1S/C16H16F2O2S/c17-13-5-1-11(2-6-13)16(21-10-15(20)9-19)12-3-7-14(18)8-4-12/h1-8,15-16,19-20H,9-10H2. The van der Waals surface area contributed by atoms with E-state index in [4.69, 9.17) is 5.11 Å². The fourth-order valence-corrected chi connectivity index (χ4v) is 3.14. The number of benzene rings is 2. The van der Waals surface area contributed by atoms with Gasteiger partial charge < -0.3 is 10.2 Å². The largest absolute Gasteiger partial charge is 0.394 e. The van der Waals surface area contributed by atoms with Crippen molar-refractivity contribution in [3.8, 4) is 0 Å².